The molecular formula is C10H18O2. The predicted molar refractivity (Wildman–Crippen MR) is 46.6 cm³/mol. The molecule has 0 spiro atoms. The second-order valence-corrected chi connectivity index (χ2v) is 5.35. The Morgan fingerprint density at radius 2 is 1.75 bits per heavy atom. The Morgan fingerprint density at radius 1 is 1.17 bits per heavy atom. The van der Waals surface area contributed by atoms with E-state index in [1.165, 1.54) is 0 Å². The van der Waals surface area contributed by atoms with Gasteiger partial charge in [-0.2, -0.15) is 0 Å². The lowest BCUT2D eigenvalue weighted by atomic mass is 9.84. The Hall–Kier alpha value is -0.0800. The molecule has 0 bridgehead atoms. The van der Waals surface area contributed by atoms with E-state index in [9.17, 15) is 10.2 Å². The van der Waals surface area contributed by atoms with Crippen molar-refractivity contribution in [3.63, 3.8) is 0 Å². The van der Waals surface area contributed by atoms with Crippen LogP contribution in [0.4, 0.5) is 0 Å². The number of hydrogen-bond acceptors (Lipinski definition) is 2. The van der Waals surface area contributed by atoms with Crippen molar-refractivity contribution >= 4 is 0 Å². The lowest BCUT2D eigenvalue weighted by Crippen LogP contribution is -2.42. The Labute approximate surface area is 73.6 Å². The molecule has 2 aliphatic carbocycles. The minimum atomic E-state index is -0.838. The van der Waals surface area contributed by atoms with Crippen LogP contribution in [0.2, 0.25) is 0 Å². The maximum Gasteiger partial charge on any atom is 0.0880 e. The molecule has 2 nitrogen and oxygen atoms in total. The van der Waals surface area contributed by atoms with Gasteiger partial charge in [0.1, 0.15) is 0 Å². The van der Waals surface area contributed by atoms with Crippen LogP contribution >= 0.6 is 0 Å². The van der Waals surface area contributed by atoms with E-state index >= 15 is 0 Å². The van der Waals surface area contributed by atoms with Gasteiger partial charge < -0.3 is 10.2 Å². The second kappa shape index (κ2) is 2.05. The quantitative estimate of drug-likeness (QED) is 0.573. The molecule has 0 saturated heterocycles. The van der Waals surface area contributed by atoms with Crippen molar-refractivity contribution in [1.29, 1.82) is 0 Å². The fourth-order valence-electron chi connectivity index (χ4n) is 2.81. The molecule has 0 aromatic heterocycles. The first kappa shape index (κ1) is 8.52. The lowest BCUT2D eigenvalue weighted by molar-refractivity contribution is -0.0892. The van der Waals surface area contributed by atoms with Gasteiger partial charge >= 0.3 is 0 Å². The second-order valence-electron chi connectivity index (χ2n) is 5.35. The Balaban J connectivity index is 2.14. The Kier molecular flexibility index (Phi) is 1.45. The van der Waals surface area contributed by atoms with E-state index in [2.05, 4.69) is 13.8 Å². The van der Waals surface area contributed by atoms with Gasteiger partial charge in [-0.05, 0) is 37.0 Å². The number of aliphatic hydroxyl groups excluding tert-OH is 1. The Morgan fingerprint density at radius 3 is 2.25 bits per heavy atom. The van der Waals surface area contributed by atoms with Crippen molar-refractivity contribution in [3.05, 3.63) is 0 Å². The topological polar surface area (TPSA) is 40.5 Å². The molecule has 0 aromatic carbocycles. The molecule has 0 heterocycles. The summed E-state index contributed by atoms with van der Waals surface area (Å²) in [6.45, 7) is 6.22. The summed E-state index contributed by atoms with van der Waals surface area (Å²) in [6, 6.07) is 0. The van der Waals surface area contributed by atoms with E-state index in [-0.39, 0.29) is 0 Å². The zero-order chi connectivity index (χ0) is 9.15. The molecule has 2 aliphatic rings. The molecular weight excluding hydrogens is 152 g/mol. The highest BCUT2D eigenvalue weighted by atomic mass is 16.3. The first-order valence-electron chi connectivity index (χ1n) is 4.76. The van der Waals surface area contributed by atoms with Gasteiger partial charge in [0, 0.05) is 0 Å². The normalized spacial score (nSPS) is 56.2. The van der Waals surface area contributed by atoms with Gasteiger partial charge in [-0.3, -0.25) is 0 Å². The molecule has 4 atom stereocenters. The van der Waals surface area contributed by atoms with Crippen LogP contribution in [0.15, 0.2) is 0 Å². The Bertz CT molecular complexity index is 208. The zero-order valence-corrected chi connectivity index (χ0v) is 8.04. The van der Waals surface area contributed by atoms with E-state index in [4.69, 9.17) is 0 Å². The molecule has 2 saturated carbocycles. The fraction of sp³-hybridized carbons (Fsp3) is 1.00. The van der Waals surface area contributed by atoms with Crippen molar-refractivity contribution < 1.29 is 10.2 Å². The van der Waals surface area contributed by atoms with Crippen LogP contribution in [0.5, 0.6) is 0 Å². The highest BCUT2D eigenvalue weighted by molar-refractivity contribution is 5.12. The highest BCUT2D eigenvalue weighted by Crippen LogP contribution is 2.66. The average molecular weight is 170 g/mol. The van der Waals surface area contributed by atoms with Crippen LogP contribution in [0.3, 0.4) is 0 Å². The maximum atomic E-state index is 9.82. The van der Waals surface area contributed by atoms with Crippen LogP contribution in [-0.4, -0.2) is 21.9 Å². The van der Waals surface area contributed by atoms with Crippen LogP contribution in [-0.2, 0) is 0 Å². The molecule has 0 aliphatic heterocycles. The summed E-state index contributed by atoms with van der Waals surface area (Å²) in [6.07, 6.45) is 1.04. The third-order valence-corrected chi connectivity index (χ3v) is 4.12. The van der Waals surface area contributed by atoms with Gasteiger partial charge in [0.25, 0.3) is 0 Å². The van der Waals surface area contributed by atoms with Crippen molar-refractivity contribution in [1.82, 2.24) is 0 Å². The van der Waals surface area contributed by atoms with E-state index in [0.29, 0.717) is 17.3 Å². The van der Waals surface area contributed by atoms with Crippen molar-refractivity contribution in [2.75, 3.05) is 0 Å². The van der Waals surface area contributed by atoms with Gasteiger partial charge in [-0.1, -0.05) is 13.8 Å². The summed E-state index contributed by atoms with van der Waals surface area (Å²) in [5.74, 6) is 1.28. The van der Waals surface area contributed by atoms with Gasteiger partial charge in [-0.15, -0.1) is 0 Å². The molecule has 0 aromatic rings. The van der Waals surface area contributed by atoms with Crippen LogP contribution in [0.25, 0.3) is 0 Å². The molecule has 12 heavy (non-hydrogen) atoms. The molecule has 2 N–H and O–H groups in total. The monoisotopic (exact) mass is 170 g/mol. The summed E-state index contributed by atoms with van der Waals surface area (Å²) in [5.41, 5.74) is -0.476. The number of rotatable bonds is 0. The van der Waals surface area contributed by atoms with E-state index in [1.807, 2.05) is 0 Å². The third-order valence-electron chi connectivity index (χ3n) is 4.12. The fourth-order valence-corrected chi connectivity index (χ4v) is 2.81. The molecule has 2 fully saturated rings. The van der Waals surface area contributed by atoms with Crippen molar-refractivity contribution in [3.8, 4) is 0 Å². The van der Waals surface area contributed by atoms with E-state index in [1.54, 1.807) is 6.92 Å². The maximum absolute atomic E-state index is 9.82. The van der Waals surface area contributed by atoms with Crippen LogP contribution < -0.4 is 0 Å². The molecule has 2 rings (SSSR count). The van der Waals surface area contributed by atoms with Crippen molar-refractivity contribution in [2.24, 2.45) is 17.3 Å². The average Bonchev–Trinajstić information content (AvgIpc) is 2.37. The van der Waals surface area contributed by atoms with E-state index in [0.717, 1.165) is 12.8 Å². The summed E-state index contributed by atoms with van der Waals surface area (Å²) in [4.78, 5) is 0. The summed E-state index contributed by atoms with van der Waals surface area (Å²) in [5, 5.41) is 19.4. The molecule has 70 valence electrons. The van der Waals surface area contributed by atoms with Gasteiger partial charge in [0.15, 0.2) is 0 Å². The van der Waals surface area contributed by atoms with Crippen molar-refractivity contribution in [2.45, 2.75) is 45.3 Å². The van der Waals surface area contributed by atoms with Gasteiger partial charge in [0.05, 0.1) is 11.7 Å². The predicted octanol–water partition coefficient (Wildman–Crippen LogP) is 1.16. The molecule has 0 radical (unpaired) electrons. The lowest BCUT2D eigenvalue weighted by Gasteiger charge is -2.32. The van der Waals surface area contributed by atoms with Gasteiger partial charge in [0.2, 0.25) is 0 Å². The number of hydrogen-bond donors (Lipinski definition) is 2. The zero-order valence-electron chi connectivity index (χ0n) is 8.04. The number of aliphatic hydroxyl groups is 2. The standard InChI is InChI=1S/C10H18O2/c1-9(2)6-4-8(11)10(3,12)5-7(6)9/h6-8,11-12H,4-5H2,1-3H3/t6-,7+,8+,10+/m1/s1. The smallest absolute Gasteiger partial charge is 0.0880 e. The third kappa shape index (κ3) is 0.944. The first-order chi connectivity index (χ1) is 5.36. The minimum absolute atomic E-state index is 0.363. The molecule has 2 heteroatoms. The largest absolute Gasteiger partial charge is 0.390 e. The van der Waals surface area contributed by atoms with E-state index < -0.39 is 11.7 Å². The van der Waals surface area contributed by atoms with Gasteiger partial charge in [-0.25, -0.2) is 0 Å². The molecule has 0 amide bonds. The summed E-state index contributed by atoms with van der Waals surface area (Å²) in [7, 11) is 0. The summed E-state index contributed by atoms with van der Waals surface area (Å²) >= 11 is 0. The van der Waals surface area contributed by atoms with Crippen LogP contribution in [0.1, 0.15) is 33.6 Å². The minimum Gasteiger partial charge on any atom is -0.390 e. The number of fused-ring (bicyclic) bond motifs is 1. The van der Waals surface area contributed by atoms with Crippen LogP contribution in [0, 0.1) is 17.3 Å². The SMILES string of the molecule is CC1(C)[C@@H]2C[C@H](O)[C@@](C)(O)C[C@@H]21. The first-order valence-corrected chi connectivity index (χ1v) is 4.76. The highest BCUT2D eigenvalue weighted by Gasteiger charge is 2.63. The molecule has 0 unspecified atom stereocenters. The summed E-state index contributed by atoms with van der Waals surface area (Å²) < 4.78 is 0.